The van der Waals surface area contributed by atoms with E-state index in [0.29, 0.717) is 17.2 Å². The van der Waals surface area contributed by atoms with Gasteiger partial charge in [-0.3, -0.25) is 10.1 Å². The Kier molecular flexibility index (Phi) is 3.61. The highest BCUT2D eigenvalue weighted by Crippen LogP contribution is 2.31. The minimum atomic E-state index is -0.494. The number of hydrogen-bond donors (Lipinski definition) is 0. The van der Waals surface area contributed by atoms with Crippen LogP contribution in [0.25, 0.3) is 11.1 Å². The van der Waals surface area contributed by atoms with E-state index in [2.05, 4.69) is 4.98 Å². The van der Waals surface area contributed by atoms with Crippen LogP contribution in [-0.4, -0.2) is 17.0 Å². The number of benzene rings is 2. The Labute approximate surface area is 125 Å². The summed E-state index contributed by atoms with van der Waals surface area (Å²) >= 11 is 0. The van der Waals surface area contributed by atoms with Crippen LogP contribution in [0.3, 0.4) is 0 Å². The molecule has 112 valence electrons. The van der Waals surface area contributed by atoms with Gasteiger partial charge in [-0.1, -0.05) is 12.1 Å². The van der Waals surface area contributed by atoms with Gasteiger partial charge in [-0.15, -0.1) is 0 Å². The van der Waals surface area contributed by atoms with Gasteiger partial charge in [0.05, 0.1) is 18.1 Å². The van der Waals surface area contributed by atoms with Crippen LogP contribution in [0, 0.1) is 10.1 Å². The third-order valence-corrected chi connectivity index (χ3v) is 3.05. The number of para-hydroxylation sites is 2. The molecular formula is C15H12N2O5. The van der Waals surface area contributed by atoms with Crippen molar-refractivity contribution in [3.63, 3.8) is 0 Å². The fourth-order valence-corrected chi connectivity index (χ4v) is 2.01. The fraction of sp³-hybridized carbons (Fsp3) is 0.133. The van der Waals surface area contributed by atoms with Gasteiger partial charge in [0.1, 0.15) is 5.52 Å². The number of nitrogens with zero attached hydrogens (tertiary/aromatic N) is 2. The predicted octanol–water partition coefficient (Wildman–Crippen LogP) is 3.32. The van der Waals surface area contributed by atoms with E-state index in [0.717, 1.165) is 5.52 Å². The molecule has 0 N–H and O–H groups in total. The van der Waals surface area contributed by atoms with E-state index in [1.165, 1.54) is 25.3 Å². The molecule has 0 aliphatic heterocycles. The van der Waals surface area contributed by atoms with Gasteiger partial charge in [0, 0.05) is 6.07 Å². The van der Waals surface area contributed by atoms with Crippen molar-refractivity contribution in [1.82, 2.24) is 4.98 Å². The van der Waals surface area contributed by atoms with E-state index in [1.807, 2.05) is 18.2 Å². The average Bonchev–Trinajstić information content (AvgIpc) is 2.95. The van der Waals surface area contributed by atoms with E-state index in [1.54, 1.807) is 6.07 Å². The summed E-state index contributed by atoms with van der Waals surface area (Å²) in [6.07, 6.45) is 0. The van der Waals surface area contributed by atoms with Crippen LogP contribution in [-0.2, 0) is 6.61 Å². The second-order valence-corrected chi connectivity index (χ2v) is 4.46. The molecule has 3 rings (SSSR count). The molecule has 0 aliphatic rings. The molecule has 0 fully saturated rings. The van der Waals surface area contributed by atoms with Crippen LogP contribution in [0.1, 0.15) is 5.89 Å². The molecular weight excluding hydrogens is 288 g/mol. The minimum absolute atomic E-state index is 0.0478. The van der Waals surface area contributed by atoms with Crippen LogP contribution in [0.15, 0.2) is 46.9 Å². The van der Waals surface area contributed by atoms with Crippen molar-refractivity contribution in [2.75, 3.05) is 7.11 Å². The maximum atomic E-state index is 10.8. The summed E-state index contributed by atoms with van der Waals surface area (Å²) in [5.74, 6) is 1.05. The van der Waals surface area contributed by atoms with Crippen molar-refractivity contribution in [3.8, 4) is 11.5 Å². The number of rotatable bonds is 5. The van der Waals surface area contributed by atoms with Crippen molar-refractivity contribution >= 4 is 16.8 Å². The van der Waals surface area contributed by atoms with Gasteiger partial charge in [-0.25, -0.2) is 4.98 Å². The van der Waals surface area contributed by atoms with Gasteiger partial charge in [-0.05, 0) is 18.2 Å². The van der Waals surface area contributed by atoms with Crippen LogP contribution >= 0.6 is 0 Å². The van der Waals surface area contributed by atoms with E-state index < -0.39 is 4.92 Å². The molecule has 0 amide bonds. The maximum Gasteiger partial charge on any atom is 0.273 e. The largest absolute Gasteiger partial charge is 0.493 e. The molecule has 22 heavy (non-hydrogen) atoms. The van der Waals surface area contributed by atoms with E-state index in [4.69, 9.17) is 13.9 Å². The van der Waals surface area contributed by atoms with Gasteiger partial charge in [0.2, 0.25) is 5.89 Å². The number of nitro groups is 1. The van der Waals surface area contributed by atoms with Gasteiger partial charge >= 0.3 is 0 Å². The van der Waals surface area contributed by atoms with Gasteiger partial charge in [0.25, 0.3) is 5.69 Å². The quantitative estimate of drug-likeness (QED) is 0.530. The molecule has 0 radical (unpaired) electrons. The molecule has 1 heterocycles. The number of aromatic nitrogens is 1. The molecule has 0 spiro atoms. The van der Waals surface area contributed by atoms with Crippen LogP contribution in [0.5, 0.6) is 11.5 Å². The summed E-state index contributed by atoms with van der Waals surface area (Å²) in [6.45, 7) is 0.0478. The van der Waals surface area contributed by atoms with Gasteiger partial charge in [0.15, 0.2) is 23.7 Å². The van der Waals surface area contributed by atoms with E-state index >= 15 is 0 Å². The van der Waals surface area contributed by atoms with Crippen molar-refractivity contribution in [1.29, 1.82) is 0 Å². The molecule has 7 heteroatoms. The summed E-state index contributed by atoms with van der Waals surface area (Å²) in [4.78, 5) is 14.6. The van der Waals surface area contributed by atoms with Crippen molar-refractivity contribution in [2.45, 2.75) is 6.61 Å². The molecule has 2 aromatic carbocycles. The maximum absolute atomic E-state index is 10.8. The standard InChI is InChI=1S/C15H12N2O5/c1-20-13-7-6-10(17(18)19)8-14(13)21-9-15-16-11-4-2-3-5-12(11)22-15/h2-8H,9H2,1H3. The molecule has 7 nitrogen and oxygen atoms in total. The van der Waals surface area contributed by atoms with E-state index in [9.17, 15) is 10.1 Å². The smallest absolute Gasteiger partial charge is 0.273 e. The number of non-ortho nitro benzene ring substituents is 1. The summed E-state index contributed by atoms with van der Waals surface area (Å²) in [7, 11) is 1.47. The monoisotopic (exact) mass is 300 g/mol. The van der Waals surface area contributed by atoms with Crippen LogP contribution < -0.4 is 9.47 Å². The van der Waals surface area contributed by atoms with Crippen LogP contribution in [0.4, 0.5) is 5.69 Å². The fourth-order valence-electron chi connectivity index (χ4n) is 2.01. The Morgan fingerprint density at radius 3 is 2.77 bits per heavy atom. The van der Waals surface area contributed by atoms with Gasteiger partial charge in [-0.2, -0.15) is 0 Å². The number of methoxy groups -OCH3 is 1. The molecule has 0 unspecified atom stereocenters. The highest BCUT2D eigenvalue weighted by atomic mass is 16.6. The molecule has 3 aromatic rings. The zero-order valence-corrected chi connectivity index (χ0v) is 11.7. The lowest BCUT2D eigenvalue weighted by Crippen LogP contribution is -1.99. The number of nitro benzene ring substituents is 1. The number of oxazole rings is 1. The Hall–Kier alpha value is -3.09. The zero-order valence-electron chi connectivity index (χ0n) is 11.7. The molecule has 1 aromatic heterocycles. The normalized spacial score (nSPS) is 10.6. The highest BCUT2D eigenvalue weighted by molar-refractivity contribution is 5.72. The summed E-state index contributed by atoms with van der Waals surface area (Å²) in [5, 5.41) is 10.8. The first-order chi connectivity index (χ1) is 10.7. The lowest BCUT2D eigenvalue weighted by Gasteiger charge is -2.08. The SMILES string of the molecule is COc1ccc([N+](=O)[O-])cc1OCc1nc2ccccc2o1. The number of hydrogen-bond acceptors (Lipinski definition) is 6. The van der Waals surface area contributed by atoms with Crippen molar-refractivity contribution in [3.05, 3.63) is 58.5 Å². The average molecular weight is 300 g/mol. The Morgan fingerprint density at radius 2 is 2.05 bits per heavy atom. The lowest BCUT2D eigenvalue weighted by molar-refractivity contribution is -0.385. The predicted molar refractivity (Wildman–Crippen MR) is 78.0 cm³/mol. The topological polar surface area (TPSA) is 87.6 Å². The second-order valence-electron chi connectivity index (χ2n) is 4.46. The number of fused-ring (bicyclic) bond motifs is 1. The Bertz CT molecular complexity index is 795. The number of ether oxygens (including phenoxy) is 2. The molecule has 0 saturated carbocycles. The minimum Gasteiger partial charge on any atom is -0.493 e. The van der Waals surface area contributed by atoms with Gasteiger partial charge < -0.3 is 13.9 Å². The third-order valence-electron chi connectivity index (χ3n) is 3.05. The molecule has 0 saturated heterocycles. The first-order valence-electron chi connectivity index (χ1n) is 6.47. The van der Waals surface area contributed by atoms with Crippen molar-refractivity contribution < 1.29 is 18.8 Å². The molecule has 0 atom stereocenters. The molecule has 0 bridgehead atoms. The zero-order chi connectivity index (χ0) is 15.5. The second kappa shape index (κ2) is 5.72. The summed E-state index contributed by atoms with van der Waals surface area (Å²) in [6, 6.07) is 11.5. The summed E-state index contributed by atoms with van der Waals surface area (Å²) < 4.78 is 16.2. The first-order valence-corrected chi connectivity index (χ1v) is 6.47. The van der Waals surface area contributed by atoms with Crippen molar-refractivity contribution in [2.24, 2.45) is 0 Å². The Morgan fingerprint density at radius 1 is 1.23 bits per heavy atom. The highest BCUT2D eigenvalue weighted by Gasteiger charge is 2.14. The Balaban J connectivity index is 1.83. The lowest BCUT2D eigenvalue weighted by atomic mass is 10.3. The third kappa shape index (κ3) is 2.69. The van der Waals surface area contributed by atoms with Crippen LogP contribution in [0.2, 0.25) is 0 Å². The van der Waals surface area contributed by atoms with E-state index in [-0.39, 0.29) is 18.0 Å². The first kappa shape index (κ1) is 13.9. The summed E-state index contributed by atoms with van der Waals surface area (Å²) in [5.41, 5.74) is 1.31. The molecule has 0 aliphatic carbocycles.